The molecule has 7 nitrogen and oxygen atoms in total. The summed E-state index contributed by atoms with van der Waals surface area (Å²) in [6.07, 6.45) is 4.18. The number of fused-ring (bicyclic) bond motifs is 1. The van der Waals surface area contributed by atoms with E-state index >= 15 is 0 Å². The molecule has 2 aliphatic rings. The fourth-order valence-electron chi connectivity index (χ4n) is 4.64. The minimum absolute atomic E-state index is 0.0406. The van der Waals surface area contributed by atoms with Gasteiger partial charge in [-0.05, 0) is 63.9 Å². The van der Waals surface area contributed by atoms with E-state index in [-0.39, 0.29) is 11.9 Å². The smallest absolute Gasteiger partial charge is 0.259 e. The molecule has 3 heterocycles. The summed E-state index contributed by atoms with van der Waals surface area (Å²) in [6, 6.07) is 7.34. The topological polar surface area (TPSA) is 73.8 Å². The molecule has 4 rings (SSSR count). The zero-order chi connectivity index (χ0) is 23.4. The van der Waals surface area contributed by atoms with Gasteiger partial charge in [-0.2, -0.15) is 4.31 Å². The van der Waals surface area contributed by atoms with Gasteiger partial charge in [-0.1, -0.05) is 11.6 Å². The van der Waals surface area contributed by atoms with Crippen LogP contribution in [0.15, 0.2) is 36.7 Å². The number of rotatable bonds is 5. The van der Waals surface area contributed by atoms with Crippen LogP contribution in [-0.4, -0.2) is 55.0 Å². The minimum Gasteiger partial charge on any atom is -0.369 e. The summed E-state index contributed by atoms with van der Waals surface area (Å²) in [7, 11) is -1.33. The number of aromatic nitrogens is 1. The average molecular weight is 477 g/mol. The summed E-state index contributed by atoms with van der Waals surface area (Å²) in [5, 5.41) is 0.162. The lowest BCUT2D eigenvalue weighted by Crippen LogP contribution is -2.40. The van der Waals surface area contributed by atoms with Gasteiger partial charge < -0.3 is 4.90 Å². The molecule has 1 aromatic carbocycles. The largest absolute Gasteiger partial charge is 0.369 e. The van der Waals surface area contributed by atoms with Crippen LogP contribution < -0.4 is 9.80 Å². The number of benzene rings is 1. The molecule has 1 atom stereocenters. The zero-order valence-electron chi connectivity index (χ0n) is 19.0. The Morgan fingerprint density at radius 3 is 2.62 bits per heavy atom. The number of sulfonamides is 1. The van der Waals surface area contributed by atoms with Gasteiger partial charge in [0.1, 0.15) is 0 Å². The molecule has 0 saturated carbocycles. The van der Waals surface area contributed by atoms with Crippen molar-refractivity contribution >= 4 is 38.9 Å². The molecule has 1 amide bonds. The van der Waals surface area contributed by atoms with Gasteiger partial charge in [0, 0.05) is 36.8 Å². The molecule has 1 aromatic heterocycles. The van der Waals surface area contributed by atoms with Crippen molar-refractivity contribution < 1.29 is 13.2 Å². The Balaban J connectivity index is 1.60. The summed E-state index contributed by atoms with van der Waals surface area (Å²) in [5.41, 5.74) is 2.49. The number of amides is 1. The highest BCUT2D eigenvalue weighted by atomic mass is 35.5. The Bertz CT molecular complexity index is 1170. The van der Waals surface area contributed by atoms with Gasteiger partial charge in [0.25, 0.3) is 5.91 Å². The summed E-state index contributed by atoms with van der Waals surface area (Å²) in [5.74, 6) is -0.0849. The lowest BCUT2D eigenvalue weighted by molar-refractivity contribution is 0.0982. The summed E-state index contributed by atoms with van der Waals surface area (Å²) in [6.45, 7) is 8.36. The third kappa shape index (κ3) is 3.68. The maximum atomic E-state index is 13.2. The first-order valence-electron chi connectivity index (χ1n) is 10.8. The van der Waals surface area contributed by atoms with E-state index in [4.69, 9.17) is 11.6 Å². The van der Waals surface area contributed by atoms with Crippen LogP contribution in [0.25, 0.3) is 0 Å². The van der Waals surface area contributed by atoms with E-state index in [2.05, 4.69) is 9.88 Å². The Labute approximate surface area is 195 Å². The Morgan fingerprint density at radius 2 is 1.94 bits per heavy atom. The van der Waals surface area contributed by atoms with Gasteiger partial charge in [0.05, 0.1) is 34.6 Å². The van der Waals surface area contributed by atoms with Crippen LogP contribution in [0.2, 0.25) is 5.02 Å². The molecule has 0 radical (unpaired) electrons. The molecule has 0 bridgehead atoms. The van der Waals surface area contributed by atoms with E-state index in [1.54, 1.807) is 47.6 Å². The van der Waals surface area contributed by atoms with Crippen LogP contribution >= 0.6 is 11.6 Å². The normalized spacial score (nSPS) is 20.8. The predicted octanol–water partition coefficient (Wildman–Crippen LogP) is 3.88. The Hall–Kier alpha value is -2.16. The maximum absolute atomic E-state index is 13.2. The number of hydrogen-bond donors (Lipinski definition) is 0. The molecule has 9 heteroatoms. The van der Waals surface area contributed by atoms with E-state index in [1.807, 2.05) is 33.0 Å². The number of halogens is 1. The van der Waals surface area contributed by atoms with Crippen molar-refractivity contribution in [2.45, 2.75) is 50.9 Å². The van der Waals surface area contributed by atoms with E-state index < -0.39 is 20.8 Å². The van der Waals surface area contributed by atoms with Gasteiger partial charge in [-0.15, -0.1) is 0 Å². The Morgan fingerprint density at radius 1 is 1.22 bits per heavy atom. The molecular formula is C23H29ClN4O3S. The second kappa shape index (κ2) is 8.01. The number of likely N-dealkylation sites (N-methyl/N-ethyl adjacent to an activating group) is 1. The van der Waals surface area contributed by atoms with Gasteiger partial charge in [-0.3, -0.25) is 14.7 Å². The molecule has 1 fully saturated rings. The highest BCUT2D eigenvalue weighted by Gasteiger charge is 2.44. The molecule has 2 aromatic rings. The highest BCUT2D eigenvalue weighted by Crippen LogP contribution is 2.43. The van der Waals surface area contributed by atoms with Crippen LogP contribution in [0.5, 0.6) is 0 Å². The van der Waals surface area contributed by atoms with Crippen molar-refractivity contribution in [1.82, 2.24) is 9.29 Å². The zero-order valence-corrected chi connectivity index (χ0v) is 20.6. The fraction of sp³-hybridized carbons (Fsp3) is 0.478. The maximum Gasteiger partial charge on any atom is 0.259 e. The fourth-order valence-corrected chi connectivity index (χ4v) is 6.15. The van der Waals surface area contributed by atoms with E-state index in [0.717, 1.165) is 17.7 Å². The SMILES string of the molecule is CC(C)S(=O)(=O)N1CCC(N(C)c2cncc(N3C(=O)c4ccc(Cl)cc4C3(C)C)c2)C1. The number of hydrogen-bond acceptors (Lipinski definition) is 5. The van der Waals surface area contributed by atoms with Crippen molar-refractivity contribution in [1.29, 1.82) is 0 Å². The highest BCUT2D eigenvalue weighted by molar-refractivity contribution is 7.89. The number of nitrogens with zero attached hydrogens (tertiary/aromatic N) is 4. The third-order valence-electron chi connectivity index (χ3n) is 6.64. The number of carbonyl (C=O) groups is 1. The molecule has 2 aliphatic heterocycles. The van der Waals surface area contributed by atoms with E-state index in [1.165, 1.54) is 0 Å². The van der Waals surface area contributed by atoms with Crippen LogP contribution in [0.4, 0.5) is 11.4 Å². The van der Waals surface area contributed by atoms with Crippen molar-refractivity contribution in [2.75, 3.05) is 29.9 Å². The van der Waals surface area contributed by atoms with Crippen LogP contribution in [0.3, 0.4) is 0 Å². The van der Waals surface area contributed by atoms with Crippen molar-refractivity contribution in [3.05, 3.63) is 52.8 Å². The summed E-state index contributed by atoms with van der Waals surface area (Å²) < 4.78 is 26.7. The number of carbonyl (C=O) groups excluding carboxylic acids is 1. The molecule has 0 N–H and O–H groups in total. The molecule has 0 spiro atoms. The van der Waals surface area contributed by atoms with Crippen molar-refractivity contribution in [2.24, 2.45) is 0 Å². The monoisotopic (exact) mass is 476 g/mol. The molecule has 0 aliphatic carbocycles. The standard InChI is InChI=1S/C23H29ClN4O3S/c1-15(2)32(30,31)27-9-8-17(14-27)26(5)18-11-19(13-25-12-18)28-22(29)20-7-6-16(24)10-21(20)23(28,3)4/h6-7,10-13,15,17H,8-9,14H2,1-5H3. The van der Waals surface area contributed by atoms with Gasteiger partial charge in [-0.25, -0.2) is 8.42 Å². The molecule has 1 saturated heterocycles. The van der Waals surface area contributed by atoms with Crippen molar-refractivity contribution in [3.63, 3.8) is 0 Å². The van der Waals surface area contributed by atoms with Crippen LogP contribution in [0, 0.1) is 0 Å². The lowest BCUT2D eigenvalue weighted by Gasteiger charge is -2.33. The third-order valence-corrected chi connectivity index (χ3v) is 9.12. The molecular weight excluding hydrogens is 448 g/mol. The second-order valence-corrected chi connectivity index (χ2v) is 12.2. The molecule has 1 unspecified atom stereocenters. The van der Waals surface area contributed by atoms with Gasteiger partial charge in [0.15, 0.2) is 0 Å². The first-order valence-corrected chi connectivity index (χ1v) is 12.6. The van der Waals surface area contributed by atoms with Gasteiger partial charge in [0.2, 0.25) is 10.0 Å². The first kappa shape index (κ1) is 23.0. The summed E-state index contributed by atoms with van der Waals surface area (Å²) in [4.78, 5) is 21.5. The summed E-state index contributed by atoms with van der Waals surface area (Å²) >= 11 is 6.20. The minimum atomic E-state index is -3.28. The van der Waals surface area contributed by atoms with Crippen LogP contribution in [-0.2, 0) is 15.6 Å². The number of anilines is 2. The second-order valence-electron chi connectivity index (χ2n) is 9.30. The number of pyridine rings is 1. The molecule has 172 valence electrons. The van der Waals surface area contributed by atoms with E-state index in [0.29, 0.717) is 29.4 Å². The molecule has 32 heavy (non-hydrogen) atoms. The van der Waals surface area contributed by atoms with Crippen LogP contribution in [0.1, 0.15) is 50.0 Å². The predicted molar refractivity (Wildman–Crippen MR) is 128 cm³/mol. The van der Waals surface area contributed by atoms with Crippen molar-refractivity contribution in [3.8, 4) is 0 Å². The Kier molecular flexibility index (Phi) is 5.76. The van der Waals surface area contributed by atoms with E-state index in [9.17, 15) is 13.2 Å². The lowest BCUT2D eigenvalue weighted by atomic mass is 9.93. The van der Waals surface area contributed by atoms with Gasteiger partial charge >= 0.3 is 0 Å². The first-order chi connectivity index (χ1) is 14.9. The quantitative estimate of drug-likeness (QED) is 0.654. The average Bonchev–Trinajstić information content (AvgIpc) is 3.30.